The molecule has 1 N–H and O–H groups in total. The first-order valence-corrected chi connectivity index (χ1v) is 6.07. The third-order valence-electron chi connectivity index (χ3n) is 2.67. The molecule has 2 aromatic carbocycles. The first-order valence-electron chi connectivity index (χ1n) is 6.07. The van der Waals surface area contributed by atoms with Crippen LogP contribution in [0, 0.1) is 5.82 Å². The minimum Gasteiger partial charge on any atom is -0.494 e. The van der Waals surface area contributed by atoms with E-state index < -0.39 is 11.7 Å². The van der Waals surface area contributed by atoms with Crippen LogP contribution in [0.2, 0.25) is 0 Å². The Morgan fingerprint density at radius 3 is 2.60 bits per heavy atom. The molecule has 0 aliphatic heterocycles. The average molecular weight is 271 g/mol. The number of carbonyl (C=O) groups is 1. The molecule has 0 atom stereocenters. The number of carbonyl (C=O) groups excluding carboxylic acids is 1. The Labute approximate surface area is 116 Å². The Hall–Kier alpha value is -2.62. The largest absolute Gasteiger partial charge is 0.494 e. The molecule has 0 saturated heterocycles. The van der Waals surface area contributed by atoms with Gasteiger partial charge in [0.1, 0.15) is 0 Å². The fraction of sp³-hybridized carbons (Fsp3) is 0.0625. The van der Waals surface area contributed by atoms with E-state index in [4.69, 9.17) is 4.74 Å². The van der Waals surface area contributed by atoms with Gasteiger partial charge >= 0.3 is 0 Å². The number of rotatable bonds is 4. The van der Waals surface area contributed by atoms with Gasteiger partial charge in [-0.2, -0.15) is 0 Å². The van der Waals surface area contributed by atoms with E-state index in [9.17, 15) is 9.18 Å². The lowest BCUT2D eigenvalue weighted by Crippen LogP contribution is -2.09. The van der Waals surface area contributed by atoms with Crippen molar-refractivity contribution in [2.75, 3.05) is 12.4 Å². The van der Waals surface area contributed by atoms with Gasteiger partial charge in [-0.25, -0.2) is 4.39 Å². The van der Waals surface area contributed by atoms with Crippen LogP contribution in [-0.2, 0) is 4.79 Å². The van der Waals surface area contributed by atoms with Gasteiger partial charge in [0, 0.05) is 6.08 Å². The number of amides is 1. The summed E-state index contributed by atoms with van der Waals surface area (Å²) in [6, 6.07) is 14.0. The van der Waals surface area contributed by atoms with Crippen LogP contribution in [0.5, 0.6) is 5.75 Å². The Balaban J connectivity index is 2.07. The van der Waals surface area contributed by atoms with Gasteiger partial charge in [-0.05, 0) is 23.8 Å². The summed E-state index contributed by atoms with van der Waals surface area (Å²) in [6.45, 7) is 0. The minimum atomic E-state index is -0.587. The predicted octanol–water partition coefficient (Wildman–Crippen LogP) is 3.49. The topological polar surface area (TPSA) is 38.3 Å². The average Bonchev–Trinajstić information content (AvgIpc) is 2.48. The maximum absolute atomic E-state index is 13.8. The highest BCUT2D eigenvalue weighted by Crippen LogP contribution is 2.23. The highest BCUT2D eigenvalue weighted by Gasteiger charge is 2.09. The number of benzene rings is 2. The lowest BCUT2D eigenvalue weighted by molar-refractivity contribution is -0.111. The molecule has 4 heteroatoms. The fourth-order valence-electron chi connectivity index (χ4n) is 1.68. The number of ether oxygens (including phenoxy) is 1. The molecule has 0 saturated carbocycles. The first-order chi connectivity index (χ1) is 9.70. The van der Waals surface area contributed by atoms with Gasteiger partial charge in [0.05, 0.1) is 12.8 Å². The quantitative estimate of drug-likeness (QED) is 0.864. The Morgan fingerprint density at radius 2 is 1.90 bits per heavy atom. The van der Waals surface area contributed by atoms with Crippen molar-refractivity contribution in [1.82, 2.24) is 0 Å². The zero-order valence-electron chi connectivity index (χ0n) is 11.0. The Bertz CT molecular complexity index is 624. The first kappa shape index (κ1) is 13.8. The van der Waals surface area contributed by atoms with Gasteiger partial charge in [0.15, 0.2) is 11.6 Å². The van der Waals surface area contributed by atoms with Crippen LogP contribution in [0.25, 0.3) is 6.08 Å². The second-order valence-corrected chi connectivity index (χ2v) is 4.06. The molecule has 3 nitrogen and oxygen atoms in total. The van der Waals surface area contributed by atoms with Crippen molar-refractivity contribution in [3.05, 3.63) is 66.0 Å². The predicted molar refractivity (Wildman–Crippen MR) is 77.1 cm³/mol. The molecule has 102 valence electrons. The lowest BCUT2D eigenvalue weighted by atomic mass is 10.2. The fourth-order valence-corrected chi connectivity index (χ4v) is 1.68. The van der Waals surface area contributed by atoms with E-state index in [-0.39, 0.29) is 11.4 Å². The van der Waals surface area contributed by atoms with Gasteiger partial charge in [-0.1, -0.05) is 36.4 Å². The molecular weight excluding hydrogens is 257 g/mol. The van der Waals surface area contributed by atoms with Gasteiger partial charge in [0.2, 0.25) is 5.91 Å². The molecule has 2 aromatic rings. The van der Waals surface area contributed by atoms with Gasteiger partial charge in [-0.15, -0.1) is 0 Å². The molecule has 0 aliphatic rings. The minimum absolute atomic E-state index is 0.0899. The molecule has 0 bridgehead atoms. The second kappa shape index (κ2) is 6.52. The number of hydrogen-bond donors (Lipinski definition) is 1. The molecule has 0 heterocycles. The molecule has 0 aliphatic carbocycles. The van der Waals surface area contributed by atoms with Crippen molar-refractivity contribution in [2.24, 2.45) is 0 Å². The molecule has 0 unspecified atom stereocenters. The number of nitrogens with one attached hydrogen (secondary N) is 1. The van der Waals surface area contributed by atoms with Crippen LogP contribution in [0.15, 0.2) is 54.6 Å². The summed E-state index contributed by atoms with van der Waals surface area (Å²) < 4.78 is 18.7. The Morgan fingerprint density at radius 1 is 1.15 bits per heavy atom. The van der Waals surface area contributed by atoms with Crippen LogP contribution in [-0.4, -0.2) is 13.0 Å². The monoisotopic (exact) mass is 271 g/mol. The number of anilines is 1. The summed E-state index contributed by atoms with van der Waals surface area (Å²) in [5, 5.41) is 2.47. The summed E-state index contributed by atoms with van der Waals surface area (Å²) in [7, 11) is 1.37. The lowest BCUT2D eigenvalue weighted by Gasteiger charge is -2.07. The van der Waals surface area contributed by atoms with Crippen molar-refractivity contribution >= 4 is 17.7 Å². The van der Waals surface area contributed by atoms with Crippen molar-refractivity contribution < 1.29 is 13.9 Å². The van der Waals surface area contributed by atoms with E-state index >= 15 is 0 Å². The molecule has 0 fully saturated rings. The van der Waals surface area contributed by atoms with Crippen molar-refractivity contribution in [3.63, 3.8) is 0 Å². The van der Waals surface area contributed by atoms with Crippen molar-refractivity contribution in [2.45, 2.75) is 0 Å². The van der Waals surface area contributed by atoms with E-state index in [0.29, 0.717) is 0 Å². The molecule has 0 aromatic heterocycles. The molecule has 20 heavy (non-hydrogen) atoms. The highest BCUT2D eigenvalue weighted by molar-refractivity contribution is 6.02. The molecule has 0 spiro atoms. The van der Waals surface area contributed by atoms with E-state index in [2.05, 4.69) is 5.32 Å². The SMILES string of the molecule is COc1cccc(NC(=O)C=Cc2ccccc2)c1F. The second-order valence-electron chi connectivity index (χ2n) is 4.06. The third kappa shape index (κ3) is 3.45. The maximum atomic E-state index is 13.8. The normalized spacial score (nSPS) is 10.5. The smallest absolute Gasteiger partial charge is 0.248 e. The van der Waals surface area contributed by atoms with E-state index in [1.807, 2.05) is 30.3 Å². The zero-order valence-corrected chi connectivity index (χ0v) is 11.0. The van der Waals surface area contributed by atoms with Crippen molar-refractivity contribution in [1.29, 1.82) is 0 Å². The summed E-state index contributed by atoms with van der Waals surface area (Å²) in [5.41, 5.74) is 0.987. The van der Waals surface area contributed by atoms with Crippen LogP contribution < -0.4 is 10.1 Å². The highest BCUT2D eigenvalue weighted by atomic mass is 19.1. The van der Waals surface area contributed by atoms with Crippen molar-refractivity contribution in [3.8, 4) is 5.75 Å². The third-order valence-corrected chi connectivity index (χ3v) is 2.67. The standard InChI is InChI=1S/C16H14FNO2/c1-20-14-9-5-8-13(16(14)17)18-15(19)11-10-12-6-3-2-4-7-12/h2-11H,1H3,(H,18,19). The van der Waals surface area contributed by atoms with Crippen LogP contribution in [0.1, 0.15) is 5.56 Å². The summed E-state index contributed by atoms with van der Waals surface area (Å²) in [5.74, 6) is -0.896. The number of methoxy groups -OCH3 is 1. The summed E-state index contributed by atoms with van der Waals surface area (Å²) >= 11 is 0. The van der Waals surface area contributed by atoms with Gasteiger partial charge in [-0.3, -0.25) is 4.79 Å². The summed E-state index contributed by atoms with van der Waals surface area (Å²) in [4.78, 5) is 11.7. The van der Waals surface area contributed by atoms with E-state index in [0.717, 1.165) is 5.56 Å². The zero-order chi connectivity index (χ0) is 14.4. The van der Waals surface area contributed by atoms with Gasteiger partial charge in [0.25, 0.3) is 0 Å². The molecular formula is C16H14FNO2. The number of halogens is 1. The van der Waals surface area contributed by atoms with Gasteiger partial charge < -0.3 is 10.1 Å². The van der Waals surface area contributed by atoms with Crippen LogP contribution in [0.3, 0.4) is 0 Å². The van der Waals surface area contributed by atoms with E-state index in [1.165, 1.54) is 25.3 Å². The molecule has 2 rings (SSSR count). The van der Waals surface area contributed by atoms with Crippen LogP contribution >= 0.6 is 0 Å². The summed E-state index contributed by atoms with van der Waals surface area (Å²) in [6.07, 6.45) is 3.02. The molecule has 1 amide bonds. The number of hydrogen-bond acceptors (Lipinski definition) is 2. The maximum Gasteiger partial charge on any atom is 0.248 e. The van der Waals surface area contributed by atoms with E-state index in [1.54, 1.807) is 12.1 Å². The van der Waals surface area contributed by atoms with Crippen LogP contribution in [0.4, 0.5) is 10.1 Å². The molecule has 0 radical (unpaired) electrons. The Kier molecular flexibility index (Phi) is 4.50.